The van der Waals surface area contributed by atoms with E-state index in [0.717, 1.165) is 24.4 Å². The lowest BCUT2D eigenvalue weighted by Crippen LogP contribution is -2.23. The van der Waals surface area contributed by atoms with Gasteiger partial charge < -0.3 is 19.5 Å². The Kier molecular flexibility index (Phi) is 4.76. The van der Waals surface area contributed by atoms with Gasteiger partial charge in [-0.05, 0) is 30.7 Å². The molecule has 0 heterocycles. The second-order valence-electron chi connectivity index (χ2n) is 5.45. The van der Waals surface area contributed by atoms with Gasteiger partial charge in [-0.15, -0.1) is 0 Å². The summed E-state index contributed by atoms with van der Waals surface area (Å²) in [5, 5.41) is 3.54. The Morgan fingerprint density at radius 1 is 1.05 bits per heavy atom. The minimum absolute atomic E-state index is 0.545. The molecule has 1 N–H and O–H groups in total. The third-order valence-electron chi connectivity index (χ3n) is 4.31. The highest BCUT2D eigenvalue weighted by atomic mass is 16.5. The molecule has 0 unspecified atom stereocenters. The summed E-state index contributed by atoms with van der Waals surface area (Å²) in [7, 11) is 4.93. The molecule has 20 heavy (non-hydrogen) atoms. The average Bonchev–Trinajstić information content (AvgIpc) is 3.26. The first-order valence-corrected chi connectivity index (χ1v) is 7.18. The lowest BCUT2D eigenvalue weighted by atomic mass is 10.0. The molecule has 112 valence electrons. The van der Waals surface area contributed by atoms with Crippen LogP contribution in [0.4, 0.5) is 0 Å². The summed E-state index contributed by atoms with van der Waals surface area (Å²) in [5.74, 6) is 2.10. The van der Waals surface area contributed by atoms with Crippen molar-refractivity contribution in [2.75, 3.05) is 27.9 Å². The number of rotatable bonds is 8. The molecule has 0 aliphatic heterocycles. The fourth-order valence-corrected chi connectivity index (χ4v) is 2.60. The first-order chi connectivity index (χ1) is 9.69. The highest BCUT2D eigenvalue weighted by molar-refractivity contribution is 5.55. The van der Waals surface area contributed by atoms with Gasteiger partial charge in [0.05, 0.1) is 21.3 Å². The van der Waals surface area contributed by atoms with E-state index in [0.29, 0.717) is 16.9 Å². The second-order valence-corrected chi connectivity index (χ2v) is 5.45. The van der Waals surface area contributed by atoms with Gasteiger partial charge in [0.15, 0.2) is 11.5 Å². The lowest BCUT2D eigenvalue weighted by Gasteiger charge is -2.17. The number of methoxy groups -OCH3 is 3. The monoisotopic (exact) mass is 279 g/mol. The van der Waals surface area contributed by atoms with Crippen LogP contribution in [0, 0.1) is 5.41 Å². The van der Waals surface area contributed by atoms with Crippen LogP contribution in [0.3, 0.4) is 0 Å². The number of hydrogen-bond donors (Lipinski definition) is 1. The van der Waals surface area contributed by atoms with Gasteiger partial charge in [-0.2, -0.15) is 0 Å². The van der Waals surface area contributed by atoms with Crippen molar-refractivity contribution in [2.24, 2.45) is 5.41 Å². The van der Waals surface area contributed by atoms with Gasteiger partial charge in [0.1, 0.15) is 0 Å². The smallest absolute Gasteiger partial charge is 0.203 e. The van der Waals surface area contributed by atoms with E-state index in [1.165, 1.54) is 19.3 Å². The van der Waals surface area contributed by atoms with Crippen molar-refractivity contribution in [3.05, 3.63) is 17.7 Å². The van der Waals surface area contributed by atoms with E-state index >= 15 is 0 Å². The van der Waals surface area contributed by atoms with Crippen LogP contribution in [0.25, 0.3) is 0 Å². The van der Waals surface area contributed by atoms with Crippen molar-refractivity contribution in [2.45, 2.75) is 32.7 Å². The number of nitrogens with one attached hydrogen (secondary N) is 1. The average molecular weight is 279 g/mol. The van der Waals surface area contributed by atoms with Crippen LogP contribution in [0.1, 0.15) is 31.7 Å². The van der Waals surface area contributed by atoms with Crippen molar-refractivity contribution in [3.63, 3.8) is 0 Å². The van der Waals surface area contributed by atoms with E-state index < -0.39 is 0 Å². The van der Waals surface area contributed by atoms with Gasteiger partial charge in [0.2, 0.25) is 5.75 Å². The molecule has 0 amide bonds. The molecule has 0 atom stereocenters. The van der Waals surface area contributed by atoms with Crippen LogP contribution in [0.5, 0.6) is 17.2 Å². The van der Waals surface area contributed by atoms with Crippen LogP contribution >= 0.6 is 0 Å². The molecule has 0 saturated heterocycles. The Labute approximate surface area is 121 Å². The van der Waals surface area contributed by atoms with Crippen LogP contribution in [0.2, 0.25) is 0 Å². The maximum absolute atomic E-state index is 5.49. The van der Waals surface area contributed by atoms with E-state index in [-0.39, 0.29) is 0 Å². The van der Waals surface area contributed by atoms with Gasteiger partial charge in [0.25, 0.3) is 0 Å². The van der Waals surface area contributed by atoms with E-state index in [1.54, 1.807) is 21.3 Å². The van der Waals surface area contributed by atoms with Gasteiger partial charge >= 0.3 is 0 Å². The Morgan fingerprint density at radius 2 is 1.75 bits per heavy atom. The van der Waals surface area contributed by atoms with Crippen molar-refractivity contribution < 1.29 is 14.2 Å². The van der Waals surface area contributed by atoms with Crippen LogP contribution in [-0.2, 0) is 6.54 Å². The molecule has 2 rings (SSSR count). The van der Waals surface area contributed by atoms with E-state index in [2.05, 4.69) is 12.2 Å². The molecule has 0 radical (unpaired) electrons. The largest absolute Gasteiger partial charge is 0.493 e. The zero-order valence-corrected chi connectivity index (χ0v) is 12.9. The first-order valence-electron chi connectivity index (χ1n) is 7.18. The van der Waals surface area contributed by atoms with Gasteiger partial charge in [-0.1, -0.05) is 13.0 Å². The van der Waals surface area contributed by atoms with Crippen molar-refractivity contribution in [1.29, 1.82) is 0 Å². The number of ether oxygens (including phenoxy) is 3. The summed E-state index contributed by atoms with van der Waals surface area (Å²) in [6.45, 7) is 4.12. The second kappa shape index (κ2) is 6.35. The zero-order chi connectivity index (χ0) is 14.6. The molecule has 1 saturated carbocycles. The van der Waals surface area contributed by atoms with Gasteiger partial charge in [0, 0.05) is 18.7 Å². The maximum Gasteiger partial charge on any atom is 0.203 e. The molecule has 1 aliphatic rings. The van der Waals surface area contributed by atoms with Crippen LogP contribution in [-0.4, -0.2) is 27.9 Å². The molecular weight excluding hydrogens is 254 g/mol. The van der Waals surface area contributed by atoms with Crippen LogP contribution < -0.4 is 19.5 Å². The highest BCUT2D eigenvalue weighted by Crippen LogP contribution is 2.48. The van der Waals surface area contributed by atoms with Crippen molar-refractivity contribution >= 4 is 0 Å². The fourth-order valence-electron chi connectivity index (χ4n) is 2.60. The molecule has 1 fully saturated rings. The topological polar surface area (TPSA) is 39.7 Å². The summed E-state index contributed by atoms with van der Waals surface area (Å²) in [6, 6.07) is 3.95. The Hall–Kier alpha value is -1.42. The molecule has 1 aromatic carbocycles. The highest BCUT2D eigenvalue weighted by Gasteiger charge is 2.39. The molecular formula is C16H25NO3. The molecule has 1 aromatic rings. The Balaban J connectivity index is 2.07. The van der Waals surface area contributed by atoms with E-state index in [9.17, 15) is 0 Å². The maximum atomic E-state index is 5.49. The third-order valence-corrected chi connectivity index (χ3v) is 4.31. The predicted molar refractivity (Wildman–Crippen MR) is 79.8 cm³/mol. The number of hydrogen-bond acceptors (Lipinski definition) is 4. The normalized spacial score (nSPS) is 15.8. The summed E-state index contributed by atoms with van der Waals surface area (Å²) in [4.78, 5) is 0. The zero-order valence-electron chi connectivity index (χ0n) is 12.9. The van der Waals surface area contributed by atoms with Gasteiger partial charge in [-0.3, -0.25) is 0 Å². The molecule has 4 heteroatoms. The third kappa shape index (κ3) is 3.01. The minimum Gasteiger partial charge on any atom is -0.493 e. The summed E-state index contributed by atoms with van der Waals surface area (Å²) < 4.78 is 16.2. The number of benzene rings is 1. The Bertz CT molecular complexity index is 455. The van der Waals surface area contributed by atoms with E-state index in [4.69, 9.17) is 14.2 Å². The van der Waals surface area contributed by atoms with Gasteiger partial charge in [-0.25, -0.2) is 0 Å². The predicted octanol–water partition coefficient (Wildman–Crippen LogP) is 2.99. The van der Waals surface area contributed by atoms with Crippen LogP contribution in [0.15, 0.2) is 12.1 Å². The molecule has 0 aromatic heterocycles. The standard InChI is InChI=1S/C16H25NO3/c1-5-16(8-9-16)11-17-10-12-6-7-13(18-2)15(20-4)14(12)19-3/h6-7,17H,5,8-11H2,1-4H3. The summed E-state index contributed by atoms with van der Waals surface area (Å²) >= 11 is 0. The molecule has 1 aliphatic carbocycles. The minimum atomic E-state index is 0.545. The summed E-state index contributed by atoms with van der Waals surface area (Å²) in [6.07, 6.45) is 3.95. The Morgan fingerprint density at radius 3 is 2.25 bits per heavy atom. The summed E-state index contributed by atoms with van der Waals surface area (Å²) in [5.41, 5.74) is 1.64. The SMILES string of the molecule is CCC1(CNCc2ccc(OC)c(OC)c2OC)CC1. The van der Waals surface area contributed by atoms with Crippen molar-refractivity contribution in [1.82, 2.24) is 5.32 Å². The molecule has 4 nitrogen and oxygen atoms in total. The fraction of sp³-hybridized carbons (Fsp3) is 0.625. The lowest BCUT2D eigenvalue weighted by molar-refractivity contribution is 0.321. The van der Waals surface area contributed by atoms with E-state index in [1.807, 2.05) is 12.1 Å². The molecule has 0 spiro atoms. The quantitative estimate of drug-likeness (QED) is 0.794. The first kappa shape index (κ1) is 15.0. The molecule has 0 bridgehead atoms. The van der Waals surface area contributed by atoms with Crippen molar-refractivity contribution in [3.8, 4) is 17.2 Å².